The van der Waals surface area contributed by atoms with E-state index in [0.29, 0.717) is 5.52 Å². The van der Waals surface area contributed by atoms with Crippen molar-refractivity contribution in [3.05, 3.63) is 30.1 Å². The number of hydrogen-bond acceptors (Lipinski definition) is 3. The van der Waals surface area contributed by atoms with Crippen molar-refractivity contribution < 1.29 is 5.11 Å². The highest BCUT2D eigenvalue weighted by atomic mass is 16.3. The Bertz CT molecular complexity index is 426. The summed E-state index contributed by atoms with van der Waals surface area (Å²) in [5.74, 6) is 0.223. The lowest BCUT2D eigenvalue weighted by Crippen LogP contribution is -1.85. The molecule has 0 bridgehead atoms. The van der Waals surface area contributed by atoms with Crippen LogP contribution in [-0.2, 0) is 0 Å². The number of rotatable bonds is 0. The highest BCUT2D eigenvalue weighted by Gasteiger charge is 2.03. The number of aromatic nitrogens is 2. The molecule has 0 aliphatic carbocycles. The summed E-state index contributed by atoms with van der Waals surface area (Å²) in [6.45, 7) is 1.80. The Labute approximate surface area is 69.7 Å². The fourth-order valence-corrected chi connectivity index (χ4v) is 1.10. The maximum atomic E-state index is 9.56. The summed E-state index contributed by atoms with van der Waals surface area (Å²) < 4.78 is 0. The van der Waals surface area contributed by atoms with Crippen molar-refractivity contribution in [3.8, 4) is 5.75 Å². The summed E-state index contributed by atoms with van der Waals surface area (Å²) >= 11 is 0. The van der Waals surface area contributed by atoms with Crippen LogP contribution in [0.1, 0.15) is 5.56 Å². The topological polar surface area (TPSA) is 46.0 Å². The summed E-state index contributed by atoms with van der Waals surface area (Å²) in [6, 6.07) is 3.62. The van der Waals surface area contributed by atoms with Crippen LogP contribution in [0.5, 0.6) is 5.75 Å². The standard InChI is InChI=1S/C9H8N2O/c1-6-5-11-7-3-2-4-10-8(7)9(6)12/h2-5H,1H3,(H,11,12). The van der Waals surface area contributed by atoms with Crippen LogP contribution in [0.4, 0.5) is 0 Å². The Morgan fingerprint density at radius 2 is 2.17 bits per heavy atom. The van der Waals surface area contributed by atoms with Crippen molar-refractivity contribution in [1.29, 1.82) is 0 Å². The SMILES string of the molecule is Cc1cnc2cccnc2c1O. The fraction of sp³-hybridized carbons (Fsp3) is 0.111. The zero-order chi connectivity index (χ0) is 8.55. The Balaban J connectivity index is 2.91. The van der Waals surface area contributed by atoms with E-state index >= 15 is 0 Å². The van der Waals surface area contributed by atoms with Crippen molar-refractivity contribution in [1.82, 2.24) is 9.97 Å². The lowest BCUT2D eigenvalue weighted by molar-refractivity contribution is 0.475. The largest absolute Gasteiger partial charge is 0.505 e. The number of pyridine rings is 2. The zero-order valence-electron chi connectivity index (χ0n) is 6.65. The van der Waals surface area contributed by atoms with E-state index in [0.717, 1.165) is 11.1 Å². The van der Waals surface area contributed by atoms with Gasteiger partial charge in [0.1, 0.15) is 11.3 Å². The van der Waals surface area contributed by atoms with Gasteiger partial charge in [0.2, 0.25) is 0 Å². The Hall–Kier alpha value is -1.64. The maximum Gasteiger partial charge on any atom is 0.147 e. The molecule has 3 nitrogen and oxygen atoms in total. The minimum Gasteiger partial charge on any atom is -0.505 e. The average Bonchev–Trinajstić information content (AvgIpc) is 2.12. The van der Waals surface area contributed by atoms with E-state index in [-0.39, 0.29) is 5.75 Å². The predicted octanol–water partition coefficient (Wildman–Crippen LogP) is 1.64. The summed E-state index contributed by atoms with van der Waals surface area (Å²) in [6.07, 6.45) is 3.28. The molecule has 2 heterocycles. The van der Waals surface area contributed by atoms with E-state index in [1.807, 2.05) is 6.07 Å². The summed E-state index contributed by atoms with van der Waals surface area (Å²) in [5.41, 5.74) is 2.04. The number of fused-ring (bicyclic) bond motifs is 1. The minimum absolute atomic E-state index is 0.223. The molecule has 0 fully saturated rings. The Kier molecular flexibility index (Phi) is 1.43. The minimum atomic E-state index is 0.223. The van der Waals surface area contributed by atoms with E-state index < -0.39 is 0 Å². The van der Waals surface area contributed by atoms with E-state index in [1.165, 1.54) is 0 Å². The van der Waals surface area contributed by atoms with Crippen molar-refractivity contribution >= 4 is 11.0 Å². The van der Waals surface area contributed by atoms with Crippen LogP contribution in [0.2, 0.25) is 0 Å². The second kappa shape index (κ2) is 2.44. The van der Waals surface area contributed by atoms with Gasteiger partial charge in [0.15, 0.2) is 0 Å². The van der Waals surface area contributed by atoms with E-state index in [4.69, 9.17) is 0 Å². The molecule has 2 rings (SSSR count). The van der Waals surface area contributed by atoms with Crippen molar-refractivity contribution in [3.63, 3.8) is 0 Å². The van der Waals surface area contributed by atoms with Gasteiger partial charge in [-0.05, 0) is 19.1 Å². The summed E-state index contributed by atoms with van der Waals surface area (Å²) in [7, 11) is 0. The van der Waals surface area contributed by atoms with Gasteiger partial charge < -0.3 is 5.11 Å². The van der Waals surface area contributed by atoms with Crippen LogP contribution in [0.3, 0.4) is 0 Å². The summed E-state index contributed by atoms with van der Waals surface area (Å²) in [5, 5.41) is 9.56. The van der Waals surface area contributed by atoms with Gasteiger partial charge in [0.25, 0.3) is 0 Å². The number of nitrogens with zero attached hydrogens (tertiary/aromatic N) is 2. The van der Waals surface area contributed by atoms with Gasteiger partial charge in [-0.2, -0.15) is 0 Å². The monoisotopic (exact) mass is 160 g/mol. The van der Waals surface area contributed by atoms with Gasteiger partial charge in [-0.25, -0.2) is 0 Å². The first-order valence-electron chi connectivity index (χ1n) is 3.68. The highest BCUT2D eigenvalue weighted by Crippen LogP contribution is 2.23. The molecule has 60 valence electrons. The van der Waals surface area contributed by atoms with Crippen LogP contribution in [-0.4, -0.2) is 15.1 Å². The molecule has 0 atom stereocenters. The fourth-order valence-electron chi connectivity index (χ4n) is 1.10. The molecule has 0 saturated heterocycles. The highest BCUT2D eigenvalue weighted by molar-refractivity contribution is 5.81. The van der Waals surface area contributed by atoms with Crippen molar-refractivity contribution in [2.24, 2.45) is 0 Å². The average molecular weight is 160 g/mol. The molecule has 2 aromatic rings. The number of hydrogen-bond donors (Lipinski definition) is 1. The van der Waals surface area contributed by atoms with Gasteiger partial charge >= 0.3 is 0 Å². The third-order valence-electron chi connectivity index (χ3n) is 1.78. The molecule has 0 saturated carbocycles. The molecule has 0 unspecified atom stereocenters. The second-order valence-electron chi connectivity index (χ2n) is 2.66. The van der Waals surface area contributed by atoms with E-state index in [9.17, 15) is 5.11 Å². The van der Waals surface area contributed by atoms with Gasteiger partial charge in [-0.15, -0.1) is 0 Å². The Morgan fingerprint density at radius 3 is 3.00 bits per heavy atom. The molecule has 0 radical (unpaired) electrons. The molecule has 2 aromatic heterocycles. The maximum absolute atomic E-state index is 9.56. The quantitative estimate of drug-likeness (QED) is 0.637. The normalized spacial score (nSPS) is 10.4. The lowest BCUT2D eigenvalue weighted by Gasteiger charge is -2.00. The molecule has 0 amide bonds. The van der Waals surface area contributed by atoms with Crippen LogP contribution >= 0.6 is 0 Å². The molecule has 12 heavy (non-hydrogen) atoms. The zero-order valence-corrected chi connectivity index (χ0v) is 6.65. The van der Waals surface area contributed by atoms with E-state index in [1.54, 1.807) is 25.4 Å². The van der Waals surface area contributed by atoms with Gasteiger partial charge in [0.05, 0.1) is 5.52 Å². The third-order valence-corrected chi connectivity index (χ3v) is 1.78. The first-order chi connectivity index (χ1) is 5.79. The third kappa shape index (κ3) is 0.906. The van der Waals surface area contributed by atoms with Crippen molar-refractivity contribution in [2.75, 3.05) is 0 Å². The second-order valence-corrected chi connectivity index (χ2v) is 2.66. The lowest BCUT2D eigenvalue weighted by atomic mass is 10.2. The summed E-state index contributed by atoms with van der Waals surface area (Å²) in [4.78, 5) is 8.15. The van der Waals surface area contributed by atoms with Crippen LogP contribution in [0.15, 0.2) is 24.5 Å². The molecular weight excluding hydrogens is 152 g/mol. The molecule has 0 spiro atoms. The van der Waals surface area contributed by atoms with E-state index in [2.05, 4.69) is 9.97 Å². The van der Waals surface area contributed by atoms with Crippen LogP contribution in [0, 0.1) is 6.92 Å². The van der Waals surface area contributed by atoms with Crippen molar-refractivity contribution in [2.45, 2.75) is 6.92 Å². The van der Waals surface area contributed by atoms with Crippen LogP contribution < -0.4 is 0 Å². The first-order valence-corrected chi connectivity index (χ1v) is 3.68. The van der Waals surface area contributed by atoms with Gasteiger partial charge in [0, 0.05) is 18.0 Å². The smallest absolute Gasteiger partial charge is 0.147 e. The Morgan fingerprint density at radius 1 is 1.33 bits per heavy atom. The molecule has 0 aromatic carbocycles. The van der Waals surface area contributed by atoms with Crippen LogP contribution in [0.25, 0.3) is 11.0 Å². The van der Waals surface area contributed by atoms with Gasteiger partial charge in [-0.3, -0.25) is 9.97 Å². The number of aryl methyl sites for hydroxylation is 1. The molecule has 3 heteroatoms. The van der Waals surface area contributed by atoms with Gasteiger partial charge in [-0.1, -0.05) is 0 Å². The number of aromatic hydroxyl groups is 1. The first kappa shape index (κ1) is 7.03. The molecule has 0 aliphatic heterocycles. The molecule has 0 aliphatic rings. The molecular formula is C9H8N2O. The molecule has 1 N–H and O–H groups in total. The predicted molar refractivity (Wildman–Crippen MR) is 45.9 cm³/mol.